The second kappa shape index (κ2) is 6.72. The van der Waals surface area contributed by atoms with E-state index in [-0.39, 0.29) is 11.8 Å². The fourth-order valence-electron chi connectivity index (χ4n) is 2.55. The number of aromatic nitrogens is 2. The van der Waals surface area contributed by atoms with Crippen molar-refractivity contribution in [3.05, 3.63) is 41.7 Å². The molecule has 1 aliphatic heterocycles. The number of hydrogen-bond acceptors (Lipinski definition) is 5. The SMILES string of the molecule is FC(F)(F)Oc1ccc(NC2CCN(c3ncccc3Cl)C2)nc1. The van der Waals surface area contributed by atoms with Gasteiger partial charge < -0.3 is 15.0 Å². The second-order valence-corrected chi connectivity index (χ2v) is 5.72. The van der Waals surface area contributed by atoms with E-state index in [1.54, 1.807) is 18.3 Å². The van der Waals surface area contributed by atoms with E-state index in [1.165, 1.54) is 12.1 Å². The molecule has 1 fully saturated rings. The average Bonchev–Trinajstić information content (AvgIpc) is 2.96. The lowest BCUT2D eigenvalue weighted by Crippen LogP contribution is -2.27. The molecule has 5 nitrogen and oxygen atoms in total. The van der Waals surface area contributed by atoms with Gasteiger partial charge in [0.05, 0.1) is 11.2 Å². The summed E-state index contributed by atoms with van der Waals surface area (Å²) < 4.78 is 40.1. The number of anilines is 2. The molecule has 1 atom stereocenters. The topological polar surface area (TPSA) is 50.3 Å². The van der Waals surface area contributed by atoms with E-state index >= 15 is 0 Å². The summed E-state index contributed by atoms with van der Waals surface area (Å²) in [6, 6.07) is 6.34. The predicted octanol–water partition coefficient (Wildman–Crippen LogP) is 3.72. The third kappa shape index (κ3) is 4.19. The molecular formula is C15H14ClF3N4O. The zero-order valence-electron chi connectivity index (χ0n) is 12.4. The monoisotopic (exact) mass is 358 g/mol. The van der Waals surface area contributed by atoms with Crippen molar-refractivity contribution in [1.29, 1.82) is 0 Å². The van der Waals surface area contributed by atoms with Crippen LogP contribution in [0.2, 0.25) is 5.02 Å². The maximum atomic E-state index is 12.1. The molecule has 0 aliphatic carbocycles. The lowest BCUT2D eigenvalue weighted by molar-refractivity contribution is -0.274. The van der Waals surface area contributed by atoms with Crippen LogP contribution in [0.1, 0.15) is 6.42 Å². The molecule has 128 valence electrons. The minimum absolute atomic E-state index is 0.102. The van der Waals surface area contributed by atoms with Gasteiger partial charge in [-0.2, -0.15) is 0 Å². The van der Waals surface area contributed by atoms with Crippen molar-refractivity contribution in [2.45, 2.75) is 18.8 Å². The summed E-state index contributed by atoms with van der Waals surface area (Å²) >= 11 is 6.14. The van der Waals surface area contributed by atoms with Gasteiger partial charge in [0, 0.05) is 25.3 Å². The van der Waals surface area contributed by atoms with E-state index in [0.29, 0.717) is 17.4 Å². The molecule has 0 amide bonds. The maximum absolute atomic E-state index is 12.1. The lowest BCUT2D eigenvalue weighted by Gasteiger charge is -2.19. The molecule has 2 aromatic heterocycles. The molecule has 2 aromatic rings. The number of ether oxygens (including phenoxy) is 1. The Labute approximate surface area is 141 Å². The fraction of sp³-hybridized carbons (Fsp3) is 0.333. The van der Waals surface area contributed by atoms with Crippen molar-refractivity contribution in [2.75, 3.05) is 23.3 Å². The van der Waals surface area contributed by atoms with Gasteiger partial charge in [-0.3, -0.25) is 0 Å². The minimum atomic E-state index is -4.72. The van der Waals surface area contributed by atoms with Crippen LogP contribution in [-0.4, -0.2) is 35.5 Å². The van der Waals surface area contributed by atoms with Crippen LogP contribution in [0.15, 0.2) is 36.7 Å². The zero-order valence-corrected chi connectivity index (χ0v) is 13.2. The van der Waals surface area contributed by atoms with Gasteiger partial charge in [0.2, 0.25) is 0 Å². The van der Waals surface area contributed by atoms with Crippen LogP contribution >= 0.6 is 11.6 Å². The summed E-state index contributed by atoms with van der Waals surface area (Å²) in [7, 11) is 0. The summed E-state index contributed by atoms with van der Waals surface area (Å²) in [6.07, 6.45) is -1.15. The Morgan fingerprint density at radius 1 is 1.25 bits per heavy atom. The smallest absolute Gasteiger partial charge is 0.404 e. The summed E-state index contributed by atoms with van der Waals surface area (Å²) in [5, 5.41) is 3.78. The number of pyridine rings is 2. The lowest BCUT2D eigenvalue weighted by atomic mass is 10.2. The summed E-state index contributed by atoms with van der Waals surface area (Å²) in [5.41, 5.74) is 0. The molecule has 1 saturated heterocycles. The minimum Gasteiger partial charge on any atom is -0.404 e. The van der Waals surface area contributed by atoms with Crippen molar-refractivity contribution >= 4 is 23.2 Å². The first kappa shape index (κ1) is 16.6. The first-order valence-electron chi connectivity index (χ1n) is 7.24. The first-order valence-corrected chi connectivity index (χ1v) is 7.62. The van der Waals surface area contributed by atoms with E-state index in [4.69, 9.17) is 11.6 Å². The standard InChI is InChI=1S/C15H14ClF3N4O/c16-12-2-1-6-20-14(12)23-7-5-10(9-23)22-13-4-3-11(8-21-13)24-15(17,18)19/h1-4,6,8,10H,5,7,9H2,(H,21,22). The predicted molar refractivity (Wildman–Crippen MR) is 84.4 cm³/mol. The molecule has 0 saturated carbocycles. The highest BCUT2D eigenvalue weighted by molar-refractivity contribution is 6.32. The molecular weight excluding hydrogens is 345 g/mol. The molecule has 1 aliphatic rings. The number of nitrogens with zero attached hydrogens (tertiary/aromatic N) is 3. The average molecular weight is 359 g/mol. The highest BCUT2D eigenvalue weighted by atomic mass is 35.5. The third-order valence-electron chi connectivity index (χ3n) is 3.55. The Kier molecular flexibility index (Phi) is 4.66. The molecule has 0 bridgehead atoms. The molecule has 1 N–H and O–H groups in total. The summed E-state index contributed by atoms with van der Waals surface area (Å²) in [6.45, 7) is 1.46. The van der Waals surface area contributed by atoms with Crippen LogP contribution in [0.3, 0.4) is 0 Å². The van der Waals surface area contributed by atoms with E-state index in [2.05, 4.69) is 24.9 Å². The van der Waals surface area contributed by atoms with Gasteiger partial charge in [-0.1, -0.05) is 11.6 Å². The number of alkyl halides is 3. The Bertz CT molecular complexity index is 696. The number of rotatable bonds is 4. The Hall–Kier alpha value is -2.22. The van der Waals surface area contributed by atoms with Crippen molar-refractivity contribution in [1.82, 2.24) is 9.97 Å². The Morgan fingerprint density at radius 2 is 2.08 bits per heavy atom. The second-order valence-electron chi connectivity index (χ2n) is 5.31. The highest BCUT2D eigenvalue weighted by Gasteiger charge is 2.31. The van der Waals surface area contributed by atoms with Crippen molar-refractivity contribution < 1.29 is 17.9 Å². The molecule has 0 aromatic carbocycles. The van der Waals surface area contributed by atoms with E-state index in [1.807, 2.05) is 0 Å². The van der Waals surface area contributed by atoms with Crippen LogP contribution in [0.4, 0.5) is 24.8 Å². The number of hydrogen-bond donors (Lipinski definition) is 1. The quantitative estimate of drug-likeness (QED) is 0.902. The fourth-order valence-corrected chi connectivity index (χ4v) is 2.79. The largest absolute Gasteiger partial charge is 0.573 e. The van der Waals surface area contributed by atoms with Gasteiger partial charge >= 0.3 is 6.36 Å². The molecule has 0 spiro atoms. The first-order chi connectivity index (χ1) is 11.4. The number of nitrogens with one attached hydrogen (secondary N) is 1. The molecule has 3 rings (SSSR count). The van der Waals surface area contributed by atoms with Gasteiger partial charge in [0.1, 0.15) is 17.4 Å². The third-order valence-corrected chi connectivity index (χ3v) is 3.84. The van der Waals surface area contributed by atoms with Gasteiger partial charge in [-0.05, 0) is 30.7 Å². The van der Waals surface area contributed by atoms with Crippen LogP contribution in [0.5, 0.6) is 5.75 Å². The van der Waals surface area contributed by atoms with Gasteiger partial charge in [0.25, 0.3) is 0 Å². The molecule has 3 heterocycles. The summed E-state index contributed by atoms with van der Waals surface area (Å²) in [4.78, 5) is 10.3. The molecule has 9 heteroatoms. The maximum Gasteiger partial charge on any atom is 0.573 e. The number of halogens is 4. The zero-order chi connectivity index (χ0) is 17.2. The van der Waals surface area contributed by atoms with Gasteiger partial charge in [-0.25, -0.2) is 9.97 Å². The molecule has 24 heavy (non-hydrogen) atoms. The van der Waals surface area contributed by atoms with Gasteiger partial charge in [-0.15, -0.1) is 13.2 Å². The van der Waals surface area contributed by atoms with Crippen LogP contribution in [0, 0.1) is 0 Å². The normalized spacial score (nSPS) is 17.8. The van der Waals surface area contributed by atoms with Crippen LogP contribution in [0.25, 0.3) is 0 Å². The van der Waals surface area contributed by atoms with Crippen LogP contribution < -0.4 is 15.0 Å². The van der Waals surface area contributed by atoms with E-state index < -0.39 is 6.36 Å². The van der Waals surface area contributed by atoms with E-state index in [9.17, 15) is 13.2 Å². The van der Waals surface area contributed by atoms with Crippen molar-refractivity contribution in [2.24, 2.45) is 0 Å². The van der Waals surface area contributed by atoms with Crippen LogP contribution in [-0.2, 0) is 0 Å². The Morgan fingerprint density at radius 3 is 2.75 bits per heavy atom. The molecule has 0 radical (unpaired) electrons. The van der Waals surface area contributed by atoms with Crippen molar-refractivity contribution in [3.63, 3.8) is 0 Å². The highest BCUT2D eigenvalue weighted by Crippen LogP contribution is 2.27. The Balaban J connectivity index is 1.59. The van der Waals surface area contributed by atoms with E-state index in [0.717, 1.165) is 25.0 Å². The summed E-state index contributed by atoms with van der Waals surface area (Å²) in [5.74, 6) is 0.871. The van der Waals surface area contributed by atoms with Gasteiger partial charge in [0.15, 0.2) is 0 Å². The van der Waals surface area contributed by atoms with Crippen molar-refractivity contribution in [3.8, 4) is 5.75 Å². The molecule has 1 unspecified atom stereocenters.